The Morgan fingerprint density at radius 2 is 1.84 bits per heavy atom. The molecule has 0 fully saturated rings. The summed E-state index contributed by atoms with van der Waals surface area (Å²) >= 11 is 1.58. The van der Waals surface area contributed by atoms with Crippen LogP contribution in [0.5, 0.6) is 0 Å². The fourth-order valence-corrected chi connectivity index (χ4v) is 4.74. The van der Waals surface area contributed by atoms with Crippen molar-refractivity contribution in [1.29, 1.82) is 0 Å². The Kier molecular flexibility index (Phi) is 8.06. The van der Waals surface area contributed by atoms with Crippen LogP contribution in [0.3, 0.4) is 0 Å². The van der Waals surface area contributed by atoms with Crippen LogP contribution in [0, 0.1) is 5.92 Å². The molecule has 0 aliphatic carbocycles. The molecule has 32 heavy (non-hydrogen) atoms. The first-order valence-electron chi connectivity index (χ1n) is 11.4. The van der Waals surface area contributed by atoms with E-state index in [1.807, 2.05) is 38.3 Å². The molecule has 0 bridgehead atoms. The molecule has 3 aromatic rings. The number of hydrogen-bond acceptors (Lipinski definition) is 5. The Morgan fingerprint density at radius 1 is 1.12 bits per heavy atom. The fraction of sp³-hybridized carbons (Fsp3) is 0.565. The van der Waals surface area contributed by atoms with Gasteiger partial charge in [0.15, 0.2) is 11.2 Å². The summed E-state index contributed by atoms with van der Waals surface area (Å²) in [5.74, 6) is -0.175. The third-order valence-corrected chi connectivity index (χ3v) is 6.56. The molecule has 1 unspecified atom stereocenters. The number of carbonyl (C=O) groups is 1. The van der Waals surface area contributed by atoms with E-state index in [4.69, 9.17) is 0 Å². The Bertz CT molecular complexity index is 1160. The molecule has 1 atom stereocenters. The molecule has 0 saturated heterocycles. The van der Waals surface area contributed by atoms with Gasteiger partial charge in [-0.3, -0.25) is 14.2 Å². The smallest absolute Gasteiger partial charge is 0.333 e. The second-order valence-electron chi connectivity index (χ2n) is 8.45. The molecule has 0 aromatic carbocycles. The summed E-state index contributed by atoms with van der Waals surface area (Å²) in [6.07, 6.45) is 5.19. The number of nitrogens with zero attached hydrogens (tertiary/aromatic N) is 4. The monoisotopic (exact) mass is 459 g/mol. The van der Waals surface area contributed by atoms with E-state index in [9.17, 15) is 14.4 Å². The van der Waals surface area contributed by atoms with Crippen LogP contribution >= 0.6 is 11.3 Å². The van der Waals surface area contributed by atoms with Crippen LogP contribution in [0.4, 0.5) is 0 Å². The average Bonchev–Trinajstić information content (AvgIpc) is 3.43. The fourth-order valence-electron chi connectivity index (χ4n) is 3.79. The summed E-state index contributed by atoms with van der Waals surface area (Å²) in [5, 5.41) is 4.99. The lowest BCUT2D eigenvalue weighted by Gasteiger charge is -2.21. The van der Waals surface area contributed by atoms with Crippen LogP contribution < -0.4 is 16.6 Å². The normalized spacial score (nSPS) is 12.5. The SMILES string of the molecule is CCCCn1cnc2c1c(=O)n(CC(=O)NC(c1cccs1)C(C)C)c(=O)n2CCCC. The van der Waals surface area contributed by atoms with Crippen molar-refractivity contribution < 1.29 is 4.79 Å². The molecule has 0 spiro atoms. The van der Waals surface area contributed by atoms with Crippen LogP contribution in [0.25, 0.3) is 11.2 Å². The van der Waals surface area contributed by atoms with Crippen molar-refractivity contribution in [3.05, 3.63) is 49.6 Å². The minimum atomic E-state index is -0.482. The molecule has 0 saturated carbocycles. The highest BCUT2D eigenvalue weighted by molar-refractivity contribution is 7.10. The Balaban J connectivity index is 2.00. The van der Waals surface area contributed by atoms with E-state index in [0.717, 1.165) is 35.1 Å². The lowest BCUT2D eigenvalue weighted by atomic mass is 10.0. The number of rotatable bonds is 11. The number of fused-ring (bicyclic) bond motifs is 1. The van der Waals surface area contributed by atoms with Crippen molar-refractivity contribution >= 4 is 28.4 Å². The van der Waals surface area contributed by atoms with Crippen LogP contribution in [0.15, 0.2) is 33.4 Å². The van der Waals surface area contributed by atoms with Gasteiger partial charge >= 0.3 is 5.69 Å². The minimum Gasteiger partial charge on any atom is -0.347 e. The molecule has 1 N–H and O–H groups in total. The summed E-state index contributed by atoms with van der Waals surface area (Å²) in [6.45, 7) is 8.99. The highest BCUT2D eigenvalue weighted by Gasteiger charge is 2.23. The molecular formula is C23H33N5O3S. The van der Waals surface area contributed by atoms with Crippen LogP contribution in [-0.2, 0) is 24.4 Å². The summed E-state index contributed by atoms with van der Waals surface area (Å²) in [5.41, 5.74) is -0.150. The third kappa shape index (κ3) is 5.03. The maximum absolute atomic E-state index is 13.3. The van der Waals surface area contributed by atoms with E-state index in [0.29, 0.717) is 24.3 Å². The van der Waals surface area contributed by atoms with Gasteiger partial charge in [0.05, 0.1) is 12.4 Å². The number of unbranched alkanes of at least 4 members (excludes halogenated alkanes) is 2. The molecule has 3 rings (SSSR count). The van der Waals surface area contributed by atoms with E-state index < -0.39 is 11.2 Å². The number of thiophene rings is 1. The number of nitrogens with one attached hydrogen (secondary N) is 1. The highest BCUT2D eigenvalue weighted by atomic mass is 32.1. The van der Waals surface area contributed by atoms with Crippen molar-refractivity contribution in [3.8, 4) is 0 Å². The predicted molar refractivity (Wildman–Crippen MR) is 128 cm³/mol. The highest BCUT2D eigenvalue weighted by Crippen LogP contribution is 2.25. The van der Waals surface area contributed by atoms with Gasteiger partial charge in [0.2, 0.25) is 5.91 Å². The van der Waals surface area contributed by atoms with Crippen molar-refractivity contribution in [2.24, 2.45) is 5.92 Å². The molecule has 8 nitrogen and oxygen atoms in total. The van der Waals surface area contributed by atoms with Crippen LogP contribution in [0.1, 0.15) is 64.3 Å². The molecule has 0 radical (unpaired) electrons. The third-order valence-electron chi connectivity index (χ3n) is 5.61. The first-order chi connectivity index (χ1) is 15.4. The number of imidazole rings is 1. The minimum absolute atomic E-state index is 0.167. The Hall–Kier alpha value is -2.68. The van der Waals surface area contributed by atoms with Crippen molar-refractivity contribution in [1.82, 2.24) is 24.0 Å². The Morgan fingerprint density at radius 3 is 2.47 bits per heavy atom. The molecule has 9 heteroatoms. The second kappa shape index (κ2) is 10.8. The van der Waals surface area contributed by atoms with Crippen LogP contribution in [0.2, 0.25) is 0 Å². The number of aryl methyl sites for hydroxylation is 2. The van der Waals surface area contributed by atoms with E-state index >= 15 is 0 Å². The lowest BCUT2D eigenvalue weighted by Crippen LogP contribution is -2.45. The van der Waals surface area contributed by atoms with Gasteiger partial charge in [-0.25, -0.2) is 14.3 Å². The first kappa shape index (κ1) is 24.0. The zero-order valence-electron chi connectivity index (χ0n) is 19.3. The molecule has 0 aliphatic heterocycles. The quantitative estimate of drug-likeness (QED) is 0.475. The molecular weight excluding hydrogens is 426 g/mol. The number of amides is 1. The van der Waals surface area contributed by atoms with Gasteiger partial charge in [-0.05, 0) is 30.2 Å². The molecule has 3 aromatic heterocycles. The summed E-state index contributed by atoms with van der Waals surface area (Å²) in [4.78, 5) is 44.9. The largest absolute Gasteiger partial charge is 0.347 e. The average molecular weight is 460 g/mol. The summed E-state index contributed by atoms with van der Waals surface area (Å²) in [7, 11) is 0. The van der Waals surface area contributed by atoms with Gasteiger partial charge in [0.25, 0.3) is 5.56 Å². The van der Waals surface area contributed by atoms with Gasteiger partial charge < -0.3 is 9.88 Å². The predicted octanol–water partition coefficient (Wildman–Crippen LogP) is 3.53. The van der Waals surface area contributed by atoms with Gasteiger partial charge in [-0.2, -0.15) is 0 Å². The van der Waals surface area contributed by atoms with Crippen LogP contribution in [-0.4, -0.2) is 24.6 Å². The van der Waals surface area contributed by atoms with Crippen molar-refractivity contribution in [2.45, 2.75) is 79.1 Å². The molecule has 3 heterocycles. The molecule has 174 valence electrons. The second-order valence-corrected chi connectivity index (χ2v) is 9.43. The topological polar surface area (TPSA) is 90.9 Å². The first-order valence-corrected chi connectivity index (χ1v) is 12.3. The Labute approximate surface area is 191 Å². The van der Waals surface area contributed by atoms with E-state index in [2.05, 4.69) is 17.2 Å². The van der Waals surface area contributed by atoms with E-state index in [1.165, 1.54) is 4.57 Å². The number of carbonyl (C=O) groups excluding carboxylic acids is 1. The van der Waals surface area contributed by atoms with Crippen molar-refractivity contribution in [2.75, 3.05) is 0 Å². The van der Waals surface area contributed by atoms with Crippen molar-refractivity contribution in [3.63, 3.8) is 0 Å². The number of hydrogen-bond donors (Lipinski definition) is 1. The maximum atomic E-state index is 13.3. The van der Waals surface area contributed by atoms with E-state index in [-0.39, 0.29) is 24.4 Å². The van der Waals surface area contributed by atoms with Gasteiger partial charge in [-0.1, -0.05) is 46.6 Å². The molecule has 0 aliphatic rings. The summed E-state index contributed by atoms with van der Waals surface area (Å²) in [6, 6.07) is 3.76. The number of aromatic nitrogens is 4. The standard InChI is InChI=1S/C23H33N5O3S/c1-5-7-11-26-15-24-21-20(26)22(30)28(23(31)27(21)12-8-6-2)14-18(29)25-19(16(3)4)17-10-9-13-32-17/h9-10,13,15-16,19H,5-8,11-12,14H2,1-4H3,(H,25,29). The van der Waals surface area contributed by atoms with E-state index in [1.54, 1.807) is 22.2 Å². The molecule has 1 amide bonds. The van der Waals surface area contributed by atoms with Gasteiger partial charge in [-0.15, -0.1) is 11.3 Å². The van der Waals surface area contributed by atoms with Gasteiger partial charge in [0, 0.05) is 18.0 Å². The zero-order valence-corrected chi connectivity index (χ0v) is 20.2. The van der Waals surface area contributed by atoms with Gasteiger partial charge in [0.1, 0.15) is 6.54 Å². The maximum Gasteiger partial charge on any atom is 0.333 e. The zero-order chi connectivity index (χ0) is 23.3. The summed E-state index contributed by atoms with van der Waals surface area (Å²) < 4.78 is 4.40. The lowest BCUT2D eigenvalue weighted by molar-refractivity contribution is -0.122.